The fourth-order valence-electron chi connectivity index (χ4n) is 3.77. The summed E-state index contributed by atoms with van der Waals surface area (Å²) in [7, 11) is 2.19. The summed E-state index contributed by atoms with van der Waals surface area (Å²) < 4.78 is 5.67. The molecule has 1 aliphatic rings. The molecule has 31 heavy (non-hydrogen) atoms. The first-order valence-corrected chi connectivity index (χ1v) is 11.4. The molecule has 1 atom stereocenters. The number of nitrogens with zero attached hydrogens (tertiary/aromatic N) is 2. The molecule has 0 bridgehead atoms. The number of hydrogen-bond donors (Lipinski definition) is 1. The van der Waals surface area contributed by atoms with Crippen LogP contribution in [-0.2, 0) is 6.42 Å². The molecule has 1 saturated heterocycles. The monoisotopic (exact) mass is 423 g/mol. The predicted octanol–water partition coefficient (Wildman–Crippen LogP) is 4.00. The second-order valence-electron chi connectivity index (χ2n) is 8.99. The normalized spacial score (nSPS) is 16.3. The van der Waals surface area contributed by atoms with Crippen molar-refractivity contribution in [3.63, 3.8) is 0 Å². The van der Waals surface area contributed by atoms with Gasteiger partial charge in [-0.15, -0.1) is 0 Å². The Morgan fingerprint density at radius 1 is 0.968 bits per heavy atom. The zero-order valence-corrected chi connectivity index (χ0v) is 19.4. The van der Waals surface area contributed by atoms with Crippen LogP contribution in [0.1, 0.15) is 48.3 Å². The first kappa shape index (κ1) is 23.3. The van der Waals surface area contributed by atoms with Gasteiger partial charge >= 0.3 is 0 Å². The van der Waals surface area contributed by atoms with E-state index in [1.54, 1.807) is 0 Å². The van der Waals surface area contributed by atoms with Crippen molar-refractivity contribution in [3.05, 3.63) is 65.2 Å². The van der Waals surface area contributed by atoms with E-state index in [0.29, 0.717) is 30.7 Å². The number of hydrogen-bond acceptors (Lipinski definition) is 4. The highest BCUT2D eigenvalue weighted by molar-refractivity contribution is 5.94. The van der Waals surface area contributed by atoms with Crippen LogP contribution in [0.4, 0.5) is 0 Å². The molecule has 2 aromatic rings. The van der Waals surface area contributed by atoms with Crippen LogP contribution in [0, 0.1) is 5.92 Å². The molecule has 0 aliphatic carbocycles. The molecule has 0 spiro atoms. The van der Waals surface area contributed by atoms with Crippen molar-refractivity contribution < 1.29 is 9.53 Å². The van der Waals surface area contributed by atoms with Gasteiger partial charge in [-0.05, 0) is 61.7 Å². The van der Waals surface area contributed by atoms with E-state index >= 15 is 0 Å². The topological polar surface area (TPSA) is 44.8 Å². The van der Waals surface area contributed by atoms with E-state index in [9.17, 15) is 4.79 Å². The number of carbonyl (C=O) groups is 1. The van der Waals surface area contributed by atoms with E-state index in [0.717, 1.165) is 38.3 Å². The number of benzene rings is 2. The third-order valence-electron chi connectivity index (χ3n) is 5.95. The molecule has 5 heteroatoms. The van der Waals surface area contributed by atoms with Crippen LogP contribution in [0.15, 0.2) is 48.5 Å². The standard InChI is InChI=1S/C26H37N3O2/c1-20(2)19-31-25-11-9-24(10-12-25)26(30)27-14-13-22-5-7-23(8-6-22)21(3)29-17-15-28(4)16-18-29/h5-12,20-21H,13-19H2,1-4H3,(H,27,30). The molecule has 0 saturated carbocycles. The summed E-state index contributed by atoms with van der Waals surface area (Å²) in [5.41, 5.74) is 3.26. The second-order valence-corrected chi connectivity index (χ2v) is 8.99. The van der Waals surface area contributed by atoms with E-state index in [1.165, 1.54) is 11.1 Å². The van der Waals surface area contributed by atoms with Crippen LogP contribution in [-0.4, -0.2) is 62.1 Å². The van der Waals surface area contributed by atoms with E-state index in [-0.39, 0.29) is 5.91 Å². The third kappa shape index (κ3) is 7.08. The Hall–Kier alpha value is -2.37. The highest BCUT2D eigenvalue weighted by Crippen LogP contribution is 2.22. The Morgan fingerprint density at radius 3 is 2.23 bits per heavy atom. The molecular weight excluding hydrogens is 386 g/mol. The fourth-order valence-corrected chi connectivity index (χ4v) is 3.77. The zero-order valence-electron chi connectivity index (χ0n) is 19.4. The number of nitrogens with one attached hydrogen (secondary N) is 1. The number of ether oxygens (including phenoxy) is 1. The first-order chi connectivity index (χ1) is 14.9. The maximum atomic E-state index is 12.4. The molecule has 1 fully saturated rings. The van der Waals surface area contributed by atoms with Gasteiger partial charge in [-0.3, -0.25) is 9.69 Å². The molecule has 1 amide bonds. The Bertz CT molecular complexity index is 810. The third-order valence-corrected chi connectivity index (χ3v) is 5.95. The van der Waals surface area contributed by atoms with Gasteiger partial charge in [0.25, 0.3) is 5.91 Å². The molecule has 1 unspecified atom stereocenters. The van der Waals surface area contributed by atoms with Crippen molar-refractivity contribution in [2.45, 2.75) is 33.2 Å². The van der Waals surface area contributed by atoms with Gasteiger partial charge in [0, 0.05) is 44.3 Å². The molecular formula is C26H37N3O2. The highest BCUT2D eigenvalue weighted by atomic mass is 16.5. The summed E-state index contributed by atoms with van der Waals surface area (Å²) in [6.45, 7) is 12.3. The Morgan fingerprint density at radius 2 is 1.61 bits per heavy atom. The number of piperazine rings is 1. The average molecular weight is 424 g/mol. The summed E-state index contributed by atoms with van der Waals surface area (Å²) in [5.74, 6) is 1.24. The van der Waals surface area contributed by atoms with Gasteiger partial charge in [-0.1, -0.05) is 38.1 Å². The van der Waals surface area contributed by atoms with Gasteiger partial charge in [-0.25, -0.2) is 0 Å². The predicted molar refractivity (Wildman–Crippen MR) is 127 cm³/mol. The number of rotatable bonds is 9. The number of likely N-dealkylation sites (N-methyl/N-ethyl adjacent to an activating group) is 1. The van der Waals surface area contributed by atoms with Crippen molar-refractivity contribution in [3.8, 4) is 5.75 Å². The lowest BCUT2D eigenvalue weighted by Gasteiger charge is -2.36. The van der Waals surface area contributed by atoms with E-state index in [1.807, 2.05) is 24.3 Å². The average Bonchev–Trinajstić information content (AvgIpc) is 2.78. The lowest BCUT2D eigenvalue weighted by atomic mass is 10.0. The molecule has 0 aromatic heterocycles. The van der Waals surface area contributed by atoms with Crippen LogP contribution in [0.3, 0.4) is 0 Å². The van der Waals surface area contributed by atoms with Crippen LogP contribution in [0.5, 0.6) is 5.75 Å². The summed E-state index contributed by atoms with van der Waals surface area (Å²) in [4.78, 5) is 17.3. The summed E-state index contributed by atoms with van der Waals surface area (Å²) in [6.07, 6.45) is 0.824. The fraction of sp³-hybridized carbons (Fsp3) is 0.500. The van der Waals surface area contributed by atoms with Gasteiger partial charge < -0.3 is 15.0 Å². The Kier molecular flexibility index (Phi) is 8.50. The molecule has 5 nitrogen and oxygen atoms in total. The Balaban J connectivity index is 1.43. The van der Waals surface area contributed by atoms with Crippen LogP contribution >= 0.6 is 0 Å². The van der Waals surface area contributed by atoms with E-state index < -0.39 is 0 Å². The minimum atomic E-state index is -0.0456. The molecule has 1 heterocycles. The summed E-state index contributed by atoms with van der Waals surface area (Å²) in [5, 5.41) is 3.02. The van der Waals surface area contributed by atoms with E-state index in [2.05, 4.69) is 67.2 Å². The zero-order chi connectivity index (χ0) is 22.2. The van der Waals surface area contributed by atoms with Crippen molar-refractivity contribution in [2.75, 3.05) is 46.4 Å². The number of carbonyl (C=O) groups excluding carboxylic acids is 1. The highest BCUT2D eigenvalue weighted by Gasteiger charge is 2.20. The maximum absolute atomic E-state index is 12.4. The lowest BCUT2D eigenvalue weighted by molar-refractivity contribution is 0.0954. The van der Waals surface area contributed by atoms with Crippen molar-refractivity contribution in [1.29, 1.82) is 0 Å². The van der Waals surface area contributed by atoms with Gasteiger partial charge in [-0.2, -0.15) is 0 Å². The van der Waals surface area contributed by atoms with Crippen molar-refractivity contribution in [1.82, 2.24) is 15.1 Å². The molecule has 1 N–H and O–H groups in total. The summed E-state index contributed by atoms with van der Waals surface area (Å²) >= 11 is 0. The molecule has 0 radical (unpaired) electrons. The van der Waals surface area contributed by atoms with Crippen molar-refractivity contribution >= 4 is 5.91 Å². The first-order valence-electron chi connectivity index (χ1n) is 11.4. The number of amides is 1. The molecule has 1 aliphatic heterocycles. The quantitative estimate of drug-likeness (QED) is 0.662. The molecule has 2 aromatic carbocycles. The van der Waals surface area contributed by atoms with E-state index in [4.69, 9.17) is 4.74 Å². The van der Waals surface area contributed by atoms with Crippen LogP contribution < -0.4 is 10.1 Å². The van der Waals surface area contributed by atoms with Gasteiger partial charge in [0.15, 0.2) is 0 Å². The molecule has 168 valence electrons. The minimum absolute atomic E-state index is 0.0456. The maximum Gasteiger partial charge on any atom is 0.251 e. The smallest absolute Gasteiger partial charge is 0.251 e. The summed E-state index contributed by atoms with van der Waals surface area (Å²) in [6, 6.07) is 16.6. The minimum Gasteiger partial charge on any atom is -0.493 e. The van der Waals surface area contributed by atoms with Gasteiger partial charge in [0.2, 0.25) is 0 Å². The van der Waals surface area contributed by atoms with Gasteiger partial charge in [0.1, 0.15) is 5.75 Å². The largest absolute Gasteiger partial charge is 0.493 e. The lowest BCUT2D eigenvalue weighted by Crippen LogP contribution is -2.45. The Labute approximate surface area is 187 Å². The van der Waals surface area contributed by atoms with Crippen molar-refractivity contribution in [2.24, 2.45) is 5.92 Å². The van der Waals surface area contributed by atoms with Crippen LogP contribution in [0.2, 0.25) is 0 Å². The SMILES string of the molecule is CC(C)COc1ccc(C(=O)NCCc2ccc(C(C)N3CCN(C)CC3)cc2)cc1. The molecule has 3 rings (SSSR count). The second kappa shape index (κ2) is 11.3. The van der Waals surface area contributed by atoms with Crippen LogP contribution in [0.25, 0.3) is 0 Å². The van der Waals surface area contributed by atoms with Gasteiger partial charge in [0.05, 0.1) is 6.61 Å².